The number of rotatable bonds is 3. The fourth-order valence-corrected chi connectivity index (χ4v) is 2.39. The molecule has 0 spiro atoms. The van der Waals surface area contributed by atoms with Gasteiger partial charge in [0.1, 0.15) is 12.5 Å². The van der Waals surface area contributed by atoms with Crippen LogP contribution in [-0.4, -0.2) is 6.29 Å². The van der Waals surface area contributed by atoms with Gasteiger partial charge in [-0.3, -0.25) is 4.79 Å². The van der Waals surface area contributed by atoms with E-state index in [0.717, 1.165) is 5.56 Å². The van der Waals surface area contributed by atoms with E-state index in [9.17, 15) is 4.79 Å². The van der Waals surface area contributed by atoms with Crippen molar-refractivity contribution in [3.05, 3.63) is 76.7 Å². The van der Waals surface area contributed by atoms with Gasteiger partial charge in [-0.15, -0.1) is 0 Å². The average molecular weight is 302 g/mol. The summed E-state index contributed by atoms with van der Waals surface area (Å²) in [5.41, 5.74) is 7.99. The molecular weight excluding hydrogens is 290 g/mol. The van der Waals surface area contributed by atoms with Crippen molar-refractivity contribution in [2.75, 3.05) is 5.73 Å². The third-order valence-corrected chi connectivity index (χ3v) is 3.59. The molecule has 4 nitrogen and oxygen atoms in total. The van der Waals surface area contributed by atoms with Crippen LogP contribution in [0.2, 0.25) is 5.02 Å². The number of aldehydes is 1. The maximum atomic E-state index is 11.1. The number of nitrogens with two attached hydrogens (primary N) is 1. The molecule has 0 amide bonds. The minimum atomic E-state index is -1.13. The molecule has 0 aliphatic carbocycles. The molecule has 1 aliphatic heterocycles. The largest absolute Gasteiger partial charge is 0.449 e. The third-order valence-electron chi connectivity index (χ3n) is 3.34. The molecule has 5 heteroatoms. The number of halogens is 1. The van der Waals surface area contributed by atoms with Crippen LogP contribution < -0.4 is 5.73 Å². The lowest BCUT2D eigenvalue weighted by atomic mass is 9.95. The third kappa shape index (κ3) is 2.23. The van der Waals surface area contributed by atoms with Crippen molar-refractivity contribution in [1.29, 1.82) is 0 Å². The minimum Gasteiger partial charge on any atom is -0.449 e. The first-order valence-corrected chi connectivity index (χ1v) is 6.65. The summed E-state index contributed by atoms with van der Waals surface area (Å²) in [6.07, 6.45) is 3.63. The Morgan fingerprint density at radius 2 is 1.62 bits per heavy atom. The first kappa shape index (κ1) is 13.5. The lowest BCUT2D eigenvalue weighted by Crippen LogP contribution is -2.28. The number of hydrogen-bond acceptors (Lipinski definition) is 4. The molecule has 0 saturated heterocycles. The highest BCUT2D eigenvalue weighted by Gasteiger charge is 2.40. The van der Waals surface area contributed by atoms with Crippen LogP contribution in [-0.2, 0) is 15.3 Å². The van der Waals surface area contributed by atoms with Crippen LogP contribution in [0.4, 0.5) is 5.69 Å². The maximum Gasteiger partial charge on any atom is 0.304 e. The predicted octanol–water partition coefficient (Wildman–Crippen LogP) is 3.45. The molecule has 0 unspecified atom stereocenters. The Kier molecular flexibility index (Phi) is 3.31. The molecule has 106 valence electrons. The molecule has 0 aromatic heterocycles. The molecule has 0 radical (unpaired) electrons. The number of ether oxygens (including phenoxy) is 2. The zero-order valence-electron chi connectivity index (χ0n) is 11.0. The highest BCUT2D eigenvalue weighted by Crippen LogP contribution is 2.39. The Morgan fingerprint density at radius 3 is 2.24 bits per heavy atom. The standard InChI is InChI=1S/C16H12ClNO3/c17-14-4-1-12(2-5-14)16(20-7-8-21-16)13-3-6-15(18)11(9-13)10-19/h1-10H,18H2. The second kappa shape index (κ2) is 5.14. The topological polar surface area (TPSA) is 61.6 Å². The average Bonchev–Trinajstić information content (AvgIpc) is 2.99. The van der Waals surface area contributed by atoms with Crippen LogP contribution in [0.5, 0.6) is 0 Å². The normalized spacial score (nSPS) is 15.3. The minimum absolute atomic E-state index is 0.389. The van der Waals surface area contributed by atoms with Crippen LogP contribution in [0.25, 0.3) is 0 Å². The molecule has 3 rings (SSSR count). The van der Waals surface area contributed by atoms with Crippen LogP contribution in [0.1, 0.15) is 21.5 Å². The highest BCUT2D eigenvalue weighted by atomic mass is 35.5. The second-order valence-corrected chi connectivity index (χ2v) is 5.03. The Bertz CT molecular complexity index is 702. The summed E-state index contributed by atoms with van der Waals surface area (Å²) in [4.78, 5) is 11.1. The maximum absolute atomic E-state index is 11.1. The molecule has 2 N–H and O–H groups in total. The number of carbonyl (C=O) groups excluding carboxylic acids is 1. The van der Waals surface area contributed by atoms with Gasteiger partial charge in [-0.2, -0.15) is 0 Å². The van der Waals surface area contributed by atoms with E-state index >= 15 is 0 Å². The lowest BCUT2D eigenvalue weighted by Gasteiger charge is -2.29. The zero-order valence-corrected chi connectivity index (χ0v) is 11.7. The van der Waals surface area contributed by atoms with Gasteiger partial charge in [0.2, 0.25) is 0 Å². The monoisotopic (exact) mass is 301 g/mol. The van der Waals surface area contributed by atoms with Crippen molar-refractivity contribution in [2.24, 2.45) is 0 Å². The molecule has 2 aromatic carbocycles. The first-order valence-electron chi connectivity index (χ1n) is 6.27. The van der Waals surface area contributed by atoms with Gasteiger partial charge in [0, 0.05) is 27.4 Å². The van der Waals surface area contributed by atoms with Crippen molar-refractivity contribution >= 4 is 23.6 Å². The molecule has 1 heterocycles. The molecule has 0 fully saturated rings. The SMILES string of the molecule is Nc1ccc(C2(c3ccc(Cl)cc3)OC=CO2)cc1C=O. The highest BCUT2D eigenvalue weighted by molar-refractivity contribution is 6.30. The van der Waals surface area contributed by atoms with Gasteiger partial charge < -0.3 is 15.2 Å². The zero-order chi connectivity index (χ0) is 14.9. The van der Waals surface area contributed by atoms with E-state index < -0.39 is 5.79 Å². The molecule has 2 aromatic rings. The van der Waals surface area contributed by atoms with Crippen LogP contribution in [0, 0.1) is 0 Å². The smallest absolute Gasteiger partial charge is 0.304 e. The molecule has 0 atom stereocenters. The van der Waals surface area contributed by atoms with Crippen molar-refractivity contribution in [2.45, 2.75) is 5.79 Å². The number of hydrogen-bond donors (Lipinski definition) is 1. The van der Waals surface area contributed by atoms with Gasteiger partial charge in [-0.05, 0) is 42.5 Å². The summed E-state index contributed by atoms with van der Waals surface area (Å²) in [7, 11) is 0. The fraction of sp³-hybridized carbons (Fsp3) is 0.0625. The van der Waals surface area contributed by atoms with Crippen molar-refractivity contribution < 1.29 is 14.3 Å². The van der Waals surface area contributed by atoms with Crippen LogP contribution >= 0.6 is 11.6 Å². The summed E-state index contributed by atoms with van der Waals surface area (Å²) in [6, 6.07) is 12.2. The number of nitrogen functional groups attached to an aromatic ring is 1. The fourth-order valence-electron chi connectivity index (χ4n) is 2.26. The Hall–Kier alpha value is -2.46. The van der Waals surface area contributed by atoms with Crippen molar-refractivity contribution in [3.63, 3.8) is 0 Å². The lowest BCUT2D eigenvalue weighted by molar-refractivity contribution is -0.112. The molecule has 0 saturated carbocycles. The van der Waals surface area contributed by atoms with E-state index in [-0.39, 0.29) is 0 Å². The van der Waals surface area contributed by atoms with E-state index in [2.05, 4.69) is 0 Å². The first-order chi connectivity index (χ1) is 10.2. The summed E-state index contributed by atoms with van der Waals surface area (Å²) >= 11 is 5.92. The molecule has 0 bridgehead atoms. The van der Waals surface area contributed by atoms with E-state index in [1.807, 2.05) is 12.1 Å². The summed E-state index contributed by atoms with van der Waals surface area (Å²) < 4.78 is 11.4. The van der Waals surface area contributed by atoms with Crippen molar-refractivity contribution in [3.8, 4) is 0 Å². The van der Waals surface area contributed by atoms with Gasteiger partial charge >= 0.3 is 5.79 Å². The molecule has 1 aliphatic rings. The van der Waals surface area contributed by atoms with E-state index in [4.69, 9.17) is 26.8 Å². The Balaban J connectivity index is 2.13. The van der Waals surface area contributed by atoms with Gasteiger partial charge in [-0.1, -0.05) is 11.6 Å². The van der Waals surface area contributed by atoms with Gasteiger partial charge in [-0.25, -0.2) is 0 Å². The number of carbonyl (C=O) groups is 1. The quantitative estimate of drug-likeness (QED) is 0.696. The van der Waals surface area contributed by atoms with E-state index in [1.165, 1.54) is 12.5 Å². The predicted molar refractivity (Wildman–Crippen MR) is 79.8 cm³/mol. The van der Waals surface area contributed by atoms with Gasteiger partial charge in [0.15, 0.2) is 6.29 Å². The number of benzene rings is 2. The molecular formula is C16H12ClNO3. The van der Waals surface area contributed by atoms with E-state index in [0.29, 0.717) is 28.1 Å². The Labute approximate surface area is 126 Å². The summed E-state index contributed by atoms with van der Waals surface area (Å²) in [5, 5.41) is 0.616. The van der Waals surface area contributed by atoms with Crippen LogP contribution in [0.3, 0.4) is 0 Å². The molecule has 21 heavy (non-hydrogen) atoms. The van der Waals surface area contributed by atoms with Gasteiger partial charge in [0.05, 0.1) is 0 Å². The van der Waals surface area contributed by atoms with Crippen LogP contribution in [0.15, 0.2) is 55.0 Å². The summed E-state index contributed by atoms with van der Waals surface area (Å²) in [6.45, 7) is 0. The van der Waals surface area contributed by atoms with Gasteiger partial charge in [0.25, 0.3) is 0 Å². The second-order valence-electron chi connectivity index (χ2n) is 4.59. The Morgan fingerprint density at radius 1 is 1.00 bits per heavy atom. The summed E-state index contributed by atoms with van der Waals surface area (Å²) in [5.74, 6) is -1.13. The van der Waals surface area contributed by atoms with E-state index in [1.54, 1.807) is 30.3 Å². The van der Waals surface area contributed by atoms with Crippen molar-refractivity contribution in [1.82, 2.24) is 0 Å². The number of anilines is 1.